The smallest absolute Gasteiger partial charge is 0.164 e. The van der Waals surface area contributed by atoms with Crippen LogP contribution in [0.4, 0.5) is 0 Å². The van der Waals surface area contributed by atoms with E-state index in [-0.39, 0.29) is 0 Å². The number of hydrogen-bond acceptors (Lipinski definition) is 1. The van der Waals surface area contributed by atoms with Crippen molar-refractivity contribution in [3.63, 3.8) is 0 Å². The Balaban J connectivity index is 1.84. The van der Waals surface area contributed by atoms with E-state index in [1.54, 1.807) is 0 Å². The summed E-state index contributed by atoms with van der Waals surface area (Å²) >= 11 is 0. The van der Waals surface area contributed by atoms with Gasteiger partial charge in [0.2, 0.25) is 0 Å². The standard InChI is InChI=1S/C16H23NO/c1-16(2)9-6-12(7-10-16)17-11-8-13-14(17)4-3-5-15(13)18/h8,11-12H,3-7,9-10H2,1-2H3. The third kappa shape index (κ3) is 2.02. The van der Waals surface area contributed by atoms with Crippen LogP contribution in [0.15, 0.2) is 12.3 Å². The van der Waals surface area contributed by atoms with Gasteiger partial charge >= 0.3 is 0 Å². The van der Waals surface area contributed by atoms with Crippen LogP contribution in [-0.2, 0) is 6.42 Å². The van der Waals surface area contributed by atoms with Crippen molar-refractivity contribution < 1.29 is 4.79 Å². The van der Waals surface area contributed by atoms with Crippen LogP contribution in [0.25, 0.3) is 0 Å². The Bertz CT molecular complexity index is 459. The molecule has 0 aromatic carbocycles. The van der Waals surface area contributed by atoms with E-state index in [1.165, 1.54) is 31.4 Å². The minimum atomic E-state index is 0.353. The Morgan fingerprint density at radius 1 is 1.22 bits per heavy atom. The highest BCUT2D eigenvalue weighted by atomic mass is 16.1. The molecule has 1 aromatic rings. The Kier molecular flexibility index (Phi) is 2.84. The molecule has 0 atom stereocenters. The maximum atomic E-state index is 11.9. The van der Waals surface area contributed by atoms with E-state index in [1.807, 2.05) is 0 Å². The van der Waals surface area contributed by atoms with Gasteiger partial charge in [-0.25, -0.2) is 0 Å². The highest BCUT2D eigenvalue weighted by molar-refractivity contribution is 5.98. The molecule has 0 bridgehead atoms. The summed E-state index contributed by atoms with van der Waals surface area (Å²) in [5, 5.41) is 0. The third-order valence-corrected chi connectivity index (χ3v) is 4.84. The average Bonchev–Trinajstić information content (AvgIpc) is 2.74. The number of carbonyl (C=O) groups excluding carboxylic acids is 1. The van der Waals surface area contributed by atoms with E-state index < -0.39 is 0 Å². The van der Waals surface area contributed by atoms with Crippen molar-refractivity contribution in [1.82, 2.24) is 4.57 Å². The van der Waals surface area contributed by atoms with Crippen molar-refractivity contribution in [2.45, 2.75) is 64.8 Å². The highest BCUT2D eigenvalue weighted by Gasteiger charge is 2.30. The molecule has 1 aromatic heterocycles. The minimum Gasteiger partial charge on any atom is -0.348 e. The van der Waals surface area contributed by atoms with Gasteiger partial charge in [0, 0.05) is 29.9 Å². The first-order valence-electron chi connectivity index (χ1n) is 7.30. The van der Waals surface area contributed by atoms with Gasteiger partial charge in [-0.05, 0) is 50.0 Å². The number of nitrogens with zero attached hydrogens (tertiary/aromatic N) is 1. The molecule has 0 radical (unpaired) electrons. The zero-order valence-corrected chi connectivity index (χ0v) is 11.5. The van der Waals surface area contributed by atoms with Crippen molar-refractivity contribution in [3.8, 4) is 0 Å². The van der Waals surface area contributed by atoms with E-state index in [0.717, 1.165) is 24.8 Å². The second kappa shape index (κ2) is 4.25. The maximum Gasteiger partial charge on any atom is 0.164 e. The van der Waals surface area contributed by atoms with E-state index >= 15 is 0 Å². The molecule has 2 aliphatic rings. The van der Waals surface area contributed by atoms with Gasteiger partial charge in [-0.15, -0.1) is 0 Å². The molecule has 2 nitrogen and oxygen atoms in total. The Morgan fingerprint density at radius 2 is 1.94 bits per heavy atom. The normalized spacial score (nSPS) is 24.0. The molecule has 2 heteroatoms. The third-order valence-electron chi connectivity index (χ3n) is 4.84. The van der Waals surface area contributed by atoms with E-state index in [2.05, 4.69) is 30.7 Å². The number of fused-ring (bicyclic) bond motifs is 1. The summed E-state index contributed by atoms with van der Waals surface area (Å²) in [6.07, 6.45) is 10.2. The lowest BCUT2D eigenvalue weighted by atomic mass is 9.75. The molecule has 0 spiro atoms. The molecule has 98 valence electrons. The van der Waals surface area contributed by atoms with E-state index in [4.69, 9.17) is 0 Å². The van der Waals surface area contributed by atoms with Crippen LogP contribution in [0, 0.1) is 5.41 Å². The highest BCUT2D eigenvalue weighted by Crippen LogP contribution is 2.41. The van der Waals surface area contributed by atoms with Crippen LogP contribution in [-0.4, -0.2) is 10.4 Å². The summed E-state index contributed by atoms with van der Waals surface area (Å²) in [6.45, 7) is 4.75. The van der Waals surface area contributed by atoms with Crippen LogP contribution >= 0.6 is 0 Å². The summed E-state index contributed by atoms with van der Waals surface area (Å²) in [5.74, 6) is 0.353. The quantitative estimate of drug-likeness (QED) is 0.728. The SMILES string of the molecule is CC1(C)CCC(n2ccc3c2CCCC3=O)CC1. The van der Waals surface area contributed by atoms with Gasteiger partial charge in [0.1, 0.15) is 0 Å². The van der Waals surface area contributed by atoms with Gasteiger partial charge in [0.05, 0.1) is 0 Å². The van der Waals surface area contributed by atoms with Crippen molar-refractivity contribution in [2.24, 2.45) is 5.41 Å². The van der Waals surface area contributed by atoms with Crippen LogP contribution in [0.5, 0.6) is 0 Å². The Labute approximate surface area is 109 Å². The zero-order valence-electron chi connectivity index (χ0n) is 11.5. The molecule has 0 unspecified atom stereocenters. The van der Waals surface area contributed by atoms with E-state index in [0.29, 0.717) is 17.2 Å². The number of carbonyl (C=O) groups is 1. The summed E-state index contributed by atoms with van der Waals surface area (Å²) in [6, 6.07) is 2.68. The number of Topliss-reactive ketones (excluding diaryl/α,β-unsaturated/α-hetero) is 1. The topological polar surface area (TPSA) is 22.0 Å². The van der Waals surface area contributed by atoms with Crippen LogP contribution < -0.4 is 0 Å². The molecule has 1 heterocycles. The fourth-order valence-electron chi connectivity index (χ4n) is 3.55. The van der Waals surface area contributed by atoms with Crippen LogP contribution in [0.1, 0.15) is 74.5 Å². The molecule has 0 saturated heterocycles. The van der Waals surface area contributed by atoms with Gasteiger partial charge in [0.15, 0.2) is 5.78 Å². The predicted octanol–water partition coefficient (Wildman–Crippen LogP) is 4.15. The molecule has 2 aliphatic carbocycles. The van der Waals surface area contributed by atoms with Gasteiger partial charge in [0.25, 0.3) is 0 Å². The molecule has 0 amide bonds. The fraction of sp³-hybridized carbons (Fsp3) is 0.688. The van der Waals surface area contributed by atoms with Gasteiger partial charge in [-0.1, -0.05) is 13.8 Å². The molecular weight excluding hydrogens is 222 g/mol. The Hall–Kier alpha value is -1.05. The average molecular weight is 245 g/mol. The lowest BCUT2D eigenvalue weighted by molar-refractivity contribution is 0.0970. The molecule has 1 fully saturated rings. The molecule has 1 saturated carbocycles. The molecule has 0 aliphatic heterocycles. The van der Waals surface area contributed by atoms with E-state index in [9.17, 15) is 4.79 Å². The second-order valence-electron chi connectivity index (χ2n) is 6.76. The number of rotatable bonds is 1. The van der Waals surface area contributed by atoms with Gasteiger partial charge in [-0.2, -0.15) is 0 Å². The summed E-state index contributed by atoms with van der Waals surface area (Å²) in [7, 11) is 0. The summed E-state index contributed by atoms with van der Waals surface area (Å²) < 4.78 is 2.42. The molecule has 3 rings (SSSR count). The first kappa shape index (κ1) is 12.0. The van der Waals surface area contributed by atoms with Crippen molar-refractivity contribution in [2.75, 3.05) is 0 Å². The monoisotopic (exact) mass is 245 g/mol. The molecular formula is C16H23NO. The number of hydrogen-bond donors (Lipinski definition) is 0. The molecule has 0 N–H and O–H groups in total. The fourth-order valence-corrected chi connectivity index (χ4v) is 3.55. The van der Waals surface area contributed by atoms with Crippen LogP contribution in [0.2, 0.25) is 0 Å². The summed E-state index contributed by atoms with van der Waals surface area (Å²) in [4.78, 5) is 11.9. The largest absolute Gasteiger partial charge is 0.348 e. The first-order chi connectivity index (χ1) is 8.57. The lowest BCUT2D eigenvalue weighted by Gasteiger charge is -2.36. The lowest BCUT2D eigenvalue weighted by Crippen LogP contribution is -2.25. The first-order valence-corrected chi connectivity index (χ1v) is 7.30. The van der Waals surface area contributed by atoms with Crippen molar-refractivity contribution >= 4 is 5.78 Å². The predicted molar refractivity (Wildman–Crippen MR) is 73.0 cm³/mol. The Morgan fingerprint density at radius 3 is 2.67 bits per heavy atom. The maximum absolute atomic E-state index is 11.9. The zero-order chi connectivity index (χ0) is 12.8. The number of ketones is 1. The van der Waals surface area contributed by atoms with Crippen molar-refractivity contribution in [1.29, 1.82) is 0 Å². The van der Waals surface area contributed by atoms with Crippen LogP contribution in [0.3, 0.4) is 0 Å². The minimum absolute atomic E-state index is 0.353. The second-order valence-corrected chi connectivity index (χ2v) is 6.76. The summed E-state index contributed by atoms with van der Waals surface area (Å²) in [5.41, 5.74) is 2.83. The number of aromatic nitrogens is 1. The van der Waals surface area contributed by atoms with Gasteiger partial charge in [-0.3, -0.25) is 4.79 Å². The van der Waals surface area contributed by atoms with Gasteiger partial charge < -0.3 is 4.57 Å². The molecule has 18 heavy (non-hydrogen) atoms. The van der Waals surface area contributed by atoms with Crippen molar-refractivity contribution in [3.05, 3.63) is 23.5 Å².